The number of methoxy groups -OCH3 is 1. The quantitative estimate of drug-likeness (QED) is 0.622. The summed E-state index contributed by atoms with van der Waals surface area (Å²) < 4.78 is 19.8. The van der Waals surface area contributed by atoms with E-state index in [9.17, 15) is 14.0 Å². The van der Waals surface area contributed by atoms with Gasteiger partial charge in [-0.3, -0.25) is 4.79 Å². The number of ether oxygens (including phenoxy) is 1. The van der Waals surface area contributed by atoms with Gasteiger partial charge in [-0.1, -0.05) is 23.9 Å². The highest BCUT2D eigenvalue weighted by Gasteiger charge is 2.39. The van der Waals surface area contributed by atoms with E-state index in [-0.39, 0.29) is 0 Å². The van der Waals surface area contributed by atoms with Crippen LogP contribution in [0.25, 0.3) is 0 Å². The summed E-state index contributed by atoms with van der Waals surface area (Å²) in [6, 6.07) is 4.43. The number of carbonyl (C=O) groups is 2. The van der Waals surface area contributed by atoms with Gasteiger partial charge in [0.25, 0.3) is 0 Å². The van der Waals surface area contributed by atoms with Gasteiger partial charge in [-0.05, 0) is 23.1 Å². The van der Waals surface area contributed by atoms with E-state index in [1.165, 1.54) is 43.1 Å². The number of halogens is 1. The van der Waals surface area contributed by atoms with Crippen LogP contribution in [0.3, 0.4) is 0 Å². The second kappa shape index (κ2) is 7.56. The normalized spacial score (nSPS) is 21.2. The summed E-state index contributed by atoms with van der Waals surface area (Å²) in [6.07, 6.45) is 1.54. The molecule has 2 amide bonds. The molecule has 1 aromatic heterocycles. The van der Waals surface area contributed by atoms with Crippen molar-refractivity contribution in [2.75, 3.05) is 7.11 Å². The van der Waals surface area contributed by atoms with Gasteiger partial charge >= 0.3 is 12.0 Å². The molecule has 1 saturated heterocycles. The summed E-state index contributed by atoms with van der Waals surface area (Å²) in [7, 11) is 3.05. The van der Waals surface area contributed by atoms with Crippen LogP contribution < -0.4 is 10.6 Å². The molecule has 136 valence electrons. The lowest BCUT2D eigenvalue weighted by Gasteiger charge is -2.33. The first kappa shape index (κ1) is 17.9. The van der Waals surface area contributed by atoms with Crippen LogP contribution in [0.15, 0.2) is 46.9 Å². The van der Waals surface area contributed by atoms with Crippen molar-refractivity contribution in [1.29, 1.82) is 0 Å². The molecule has 0 aliphatic carbocycles. The molecule has 3 rings (SSSR count). The number of esters is 1. The van der Waals surface area contributed by atoms with Gasteiger partial charge in [-0.2, -0.15) is 0 Å². The summed E-state index contributed by atoms with van der Waals surface area (Å²) in [6.45, 7) is 0. The summed E-state index contributed by atoms with van der Waals surface area (Å²) in [4.78, 5) is 24.5. The Hall–Kier alpha value is -2.88. The first-order valence-electron chi connectivity index (χ1n) is 7.61. The smallest absolute Gasteiger partial charge is 0.319 e. The molecule has 2 atom stereocenters. The lowest BCUT2D eigenvalue weighted by Crippen LogP contribution is -2.51. The summed E-state index contributed by atoms with van der Waals surface area (Å²) in [5.41, 5.74) is 0.953. The maximum absolute atomic E-state index is 13.2. The van der Waals surface area contributed by atoms with Crippen LogP contribution >= 0.6 is 11.8 Å². The fourth-order valence-electron chi connectivity index (χ4n) is 2.58. The molecule has 0 bridgehead atoms. The zero-order valence-corrected chi connectivity index (χ0v) is 14.8. The van der Waals surface area contributed by atoms with Gasteiger partial charge in [-0.15, -0.1) is 10.2 Å². The predicted molar refractivity (Wildman–Crippen MR) is 91.3 cm³/mol. The van der Waals surface area contributed by atoms with Gasteiger partial charge in [0.2, 0.25) is 0 Å². The molecule has 1 aromatic carbocycles. The number of hydrogen-bond acceptors (Lipinski definition) is 6. The maximum atomic E-state index is 13.2. The Morgan fingerprint density at radius 1 is 1.38 bits per heavy atom. The molecule has 2 N–H and O–H groups in total. The van der Waals surface area contributed by atoms with Crippen molar-refractivity contribution in [3.05, 3.63) is 53.1 Å². The second-order valence-corrected chi connectivity index (χ2v) is 6.38. The molecule has 0 unspecified atom stereocenters. The third-order valence-electron chi connectivity index (χ3n) is 3.86. The minimum atomic E-state index is -0.816. The van der Waals surface area contributed by atoms with Gasteiger partial charge in [0.05, 0.1) is 13.2 Å². The number of carbonyl (C=O) groups excluding carboxylic acids is 2. The molecule has 0 spiro atoms. The van der Waals surface area contributed by atoms with Crippen molar-refractivity contribution < 1.29 is 18.7 Å². The zero-order valence-electron chi connectivity index (χ0n) is 14.0. The molecule has 1 aliphatic heterocycles. The van der Waals surface area contributed by atoms with Gasteiger partial charge in [0, 0.05) is 12.7 Å². The standard InChI is InChI=1S/C16H16FN5O3S/c1-22-8-18-21-16(22)26-7-11-12(14(23)25-2)13(20-15(24)19-11)9-3-5-10(17)6-4-9/h3-8,12-13H,1-2H3,(H2,19,20,24)/b11-7+/t12-,13+/m1/s1. The molecular formula is C16H16FN5O3S. The molecule has 0 saturated carbocycles. The van der Waals surface area contributed by atoms with E-state index in [1.54, 1.807) is 23.4 Å². The number of rotatable bonds is 4. The summed E-state index contributed by atoms with van der Waals surface area (Å²) in [5.74, 6) is -1.75. The highest BCUT2D eigenvalue weighted by molar-refractivity contribution is 8.02. The number of urea groups is 1. The number of thioether (sulfide) groups is 1. The van der Waals surface area contributed by atoms with E-state index >= 15 is 0 Å². The number of nitrogens with one attached hydrogen (secondary N) is 2. The van der Waals surface area contributed by atoms with E-state index in [1.807, 2.05) is 0 Å². The number of amides is 2. The van der Waals surface area contributed by atoms with Gasteiger partial charge in [0.15, 0.2) is 5.16 Å². The maximum Gasteiger partial charge on any atom is 0.319 e. The van der Waals surface area contributed by atoms with Crippen LogP contribution in [0.4, 0.5) is 9.18 Å². The molecule has 2 aromatic rings. The highest BCUT2D eigenvalue weighted by Crippen LogP contribution is 2.33. The van der Waals surface area contributed by atoms with E-state index in [2.05, 4.69) is 20.8 Å². The Balaban J connectivity index is 1.96. The van der Waals surface area contributed by atoms with Gasteiger partial charge < -0.3 is 19.9 Å². The fraction of sp³-hybridized carbons (Fsp3) is 0.250. The van der Waals surface area contributed by atoms with E-state index < -0.39 is 29.8 Å². The lowest BCUT2D eigenvalue weighted by atomic mass is 9.89. The van der Waals surface area contributed by atoms with Crippen molar-refractivity contribution in [2.24, 2.45) is 13.0 Å². The Kier molecular flexibility index (Phi) is 5.21. The molecule has 10 heteroatoms. The molecular weight excluding hydrogens is 361 g/mol. The van der Waals surface area contributed by atoms with Gasteiger partial charge in [-0.25, -0.2) is 9.18 Å². The van der Waals surface area contributed by atoms with E-state index in [0.717, 1.165) is 0 Å². The highest BCUT2D eigenvalue weighted by atomic mass is 32.2. The Labute approximate surface area is 152 Å². The van der Waals surface area contributed by atoms with Crippen LogP contribution in [-0.2, 0) is 16.6 Å². The van der Waals surface area contributed by atoms with Crippen LogP contribution in [0, 0.1) is 11.7 Å². The summed E-state index contributed by atoms with van der Waals surface area (Å²) >= 11 is 1.21. The van der Waals surface area contributed by atoms with E-state index in [4.69, 9.17) is 4.74 Å². The monoisotopic (exact) mass is 377 g/mol. The first-order valence-corrected chi connectivity index (χ1v) is 8.49. The number of benzene rings is 1. The first-order chi connectivity index (χ1) is 12.5. The second-order valence-electron chi connectivity index (χ2n) is 5.54. The zero-order chi connectivity index (χ0) is 18.7. The average molecular weight is 377 g/mol. The SMILES string of the molecule is COC(=O)[C@@H]1/C(=C\Sc2nncn2C)NC(=O)N[C@H]1c1ccc(F)cc1. The van der Waals surface area contributed by atoms with Crippen molar-refractivity contribution >= 4 is 23.8 Å². The molecule has 26 heavy (non-hydrogen) atoms. The molecule has 1 fully saturated rings. The predicted octanol–water partition coefficient (Wildman–Crippen LogP) is 1.73. The molecule has 2 heterocycles. The fourth-order valence-corrected chi connectivity index (χ4v) is 3.33. The van der Waals surface area contributed by atoms with E-state index in [0.29, 0.717) is 16.4 Å². The largest absolute Gasteiger partial charge is 0.468 e. The number of hydrogen-bond donors (Lipinski definition) is 2. The topological polar surface area (TPSA) is 98.1 Å². The average Bonchev–Trinajstić information content (AvgIpc) is 3.04. The van der Waals surface area contributed by atoms with Crippen molar-refractivity contribution in [1.82, 2.24) is 25.4 Å². The molecule has 8 nitrogen and oxygen atoms in total. The third-order valence-corrected chi connectivity index (χ3v) is 4.81. The van der Waals surface area contributed by atoms with Gasteiger partial charge in [0.1, 0.15) is 18.1 Å². The lowest BCUT2D eigenvalue weighted by molar-refractivity contribution is -0.145. The Morgan fingerprint density at radius 3 is 2.73 bits per heavy atom. The molecule has 1 aliphatic rings. The molecule has 0 radical (unpaired) electrons. The van der Waals surface area contributed by atoms with Crippen LogP contribution in [0.2, 0.25) is 0 Å². The van der Waals surface area contributed by atoms with Crippen LogP contribution in [0.5, 0.6) is 0 Å². The minimum absolute atomic E-state index is 0.364. The third kappa shape index (κ3) is 3.69. The number of nitrogens with zero attached hydrogens (tertiary/aromatic N) is 3. The van der Waals surface area contributed by atoms with Crippen molar-refractivity contribution in [3.63, 3.8) is 0 Å². The Bertz CT molecular complexity index is 852. The number of aromatic nitrogens is 3. The van der Waals surface area contributed by atoms with Crippen molar-refractivity contribution in [2.45, 2.75) is 11.2 Å². The van der Waals surface area contributed by atoms with Crippen molar-refractivity contribution in [3.8, 4) is 0 Å². The summed E-state index contributed by atoms with van der Waals surface area (Å²) in [5, 5.41) is 15.3. The Morgan fingerprint density at radius 2 is 2.12 bits per heavy atom. The van der Waals surface area contributed by atoms with Crippen LogP contribution in [0.1, 0.15) is 11.6 Å². The minimum Gasteiger partial charge on any atom is -0.468 e. The number of aryl methyl sites for hydroxylation is 1. The van der Waals surface area contributed by atoms with Crippen LogP contribution in [-0.4, -0.2) is 33.9 Å².